The first kappa shape index (κ1) is 17.0. The summed E-state index contributed by atoms with van der Waals surface area (Å²) in [6.07, 6.45) is 17.2. The van der Waals surface area contributed by atoms with Gasteiger partial charge in [0.05, 0.1) is 13.3 Å². The van der Waals surface area contributed by atoms with E-state index in [1.54, 1.807) is 0 Å². The van der Waals surface area contributed by atoms with Crippen LogP contribution in [0, 0.1) is 0 Å². The average molecular weight is 269 g/mol. The minimum Gasteiger partial charge on any atom is -0.365 e. The molecular formula is C17H35NO. The minimum atomic E-state index is 0.873. The predicted octanol–water partition coefficient (Wildman–Crippen LogP) is 4.98. The summed E-state index contributed by atoms with van der Waals surface area (Å²) in [4.78, 5) is 2.43. The third kappa shape index (κ3) is 10.4. The van der Waals surface area contributed by atoms with Crippen LogP contribution in [0.1, 0.15) is 84.0 Å². The van der Waals surface area contributed by atoms with Crippen LogP contribution in [0.4, 0.5) is 0 Å². The first-order valence-electron chi connectivity index (χ1n) is 8.73. The van der Waals surface area contributed by atoms with Gasteiger partial charge in [-0.15, -0.1) is 0 Å². The number of unbranched alkanes of at least 4 members (excludes halogenated alkanes) is 11. The molecule has 0 aliphatic carbocycles. The Bertz CT molecular complexity index is 178. The quantitative estimate of drug-likeness (QED) is 0.437. The van der Waals surface area contributed by atoms with Crippen LogP contribution in [0.15, 0.2) is 0 Å². The second-order valence-corrected chi connectivity index (χ2v) is 6.04. The Morgan fingerprint density at radius 3 is 1.74 bits per heavy atom. The lowest BCUT2D eigenvalue weighted by molar-refractivity contribution is 0.139. The topological polar surface area (TPSA) is 12.5 Å². The van der Waals surface area contributed by atoms with Crippen molar-refractivity contribution in [3.05, 3.63) is 0 Å². The van der Waals surface area contributed by atoms with Gasteiger partial charge in [-0.25, -0.2) is 0 Å². The van der Waals surface area contributed by atoms with E-state index in [0.29, 0.717) is 0 Å². The lowest BCUT2D eigenvalue weighted by Gasteiger charge is -2.11. The van der Waals surface area contributed by atoms with E-state index in [1.165, 1.54) is 83.6 Å². The summed E-state index contributed by atoms with van der Waals surface area (Å²) >= 11 is 0. The fraction of sp³-hybridized carbons (Fsp3) is 1.00. The molecule has 19 heavy (non-hydrogen) atoms. The molecule has 1 heterocycles. The Balaban J connectivity index is 1.67. The predicted molar refractivity (Wildman–Crippen MR) is 83.5 cm³/mol. The van der Waals surface area contributed by atoms with Crippen molar-refractivity contribution in [1.29, 1.82) is 0 Å². The molecule has 2 nitrogen and oxygen atoms in total. The molecule has 1 saturated heterocycles. The molecule has 0 radical (unpaired) electrons. The third-order valence-electron chi connectivity index (χ3n) is 4.15. The van der Waals surface area contributed by atoms with Crippen molar-refractivity contribution in [3.63, 3.8) is 0 Å². The van der Waals surface area contributed by atoms with E-state index in [9.17, 15) is 0 Å². The molecule has 0 bridgehead atoms. The standard InChI is InChI=1S/C17H35NO/c1-2-3-4-5-6-7-8-9-10-11-12-13-14-18-15-16-19-17-18/h2-17H2,1H3. The number of rotatable bonds is 13. The molecule has 0 saturated carbocycles. The highest BCUT2D eigenvalue weighted by Crippen LogP contribution is 2.12. The summed E-state index contributed by atoms with van der Waals surface area (Å²) < 4.78 is 5.34. The maximum absolute atomic E-state index is 5.34. The van der Waals surface area contributed by atoms with Gasteiger partial charge in [-0.1, -0.05) is 77.6 Å². The molecule has 0 unspecified atom stereocenters. The second kappa shape index (κ2) is 12.9. The molecule has 0 aromatic heterocycles. The minimum absolute atomic E-state index is 0.873. The number of nitrogens with zero attached hydrogens (tertiary/aromatic N) is 1. The van der Waals surface area contributed by atoms with E-state index < -0.39 is 0 Å². The van der Waals surface area contributed by atoms with Gasteiger partial charge in [0.15, 0.2) is 0 Å². The summed E-state index contributed by atoms with van der Waals surface area (Å²) in [5, 5.41) is 0. The average Bonchev–Trinajstić information content (AvgIpc) is 2.93. The van der Waals surface area contributed by atoms with Crippen LogP contribution >= 0.6 is 0 Å². The van der Waals surface area contributed by atoms with Gasteiger partial charge < -0.3 is 4.74 Å². The third-order valence-corrected chi connectivity index (χ3v) is 4.15. The number of ether oxygens (including phenoxy) is 1. The van der Waals surface area contributed by atoms with Crippen molar-refractivity contribution in [2.24, 2.45) is 0 Å². The van der Waals surface area contributed by atoms with E-state index in [4.69, 9.17) is 4.74 Å². The van der Waals surface area contributed by atoms with Gasteiger partial charge >= 0.3 is 0 Å². The summed E-state index contributed by atoms with van der Waals surface area (Å²) in [5.41, 5.74) is 0. The van der Waals surface area contributed by atoms with Crippen LogP contribution in [0.2, 0.25) is 0 Å². The van der Waals surface area contributed by atoms with Crippen LogP contribution in [-0.2, 0) is 4.74 Å². The van der Waals surface area contributed by atoms with Gasteiger partial charge in [-0.05, 0) is 6.42 Å². The van der Waals surface area contributed by atoms with Gasteiger partial charge in [0.25, 0.3) is 0 Å². The summed E-state index contributed by atoms with van der Waals surface area (Å²) in [5.74, 6) is 0. The van der Waals surface area contributed by atoms with Crippen molar-refractivity contribution >= 4 is 0 Å². The van der Waals surface area contributed by atoms with E-state index in [2.05, 4.69) is 11.8 Å². The van der Waals surface area contributed by atoms with Gasteiger partial charge in [0.1, 0.15) is 0 Å². The lowest BCUT2D eigenvalue weighted by atomic mass is 10.1. The summed E-state index contributed by atoms with van der Waals surface area (Å²) in [6.45, 7) is 6.50. The first-order valence-corrected chi connectivity index (χ1v) is 8.73. The molecule has 0 aromatic rings. The van der Waals surface area contributed by atoms with Crippen molar-refractivity contribution in [2.45, 2.75) is 84.0 Å². The summed E-state index contributed by atoms with van der Waals surface area (Å²) in [7, 11) is 0. The molecule has 2 heteroatoms. The van der Waals surface area contributed by atoms with Crippen LogP contribution < -0.4 is 0 Å². The molecule has 0 N–H and O–H groups in total. The van der Waals surface area contributed by atoms with E-state index in [-0.39, 0.29) is 0 Å². The Labute approximate surface area is 120 Å². The molecule has 0 spiro atoms. The molecule has 0 aromatic carbocycles. The fourth-order valence-corrected chi connectivity index (χ4v) is 2.80. The first-order chi connectivity index (χ1) is 9.43. The molecular weight excluding hydrogens is 234 g/mol. The molecule has 0 atom stereocenters. The molecule has 1 rings (SSSR count). The Kier molecular flexibility index (Phi) is 11.5. The highest BCUT2D eigenvalue weighted by atomic mass is 16.5. The van der Waals surface area contributed by atoms with E-state index >= 15 is 0 Å². The Morgan fingerprint density at radius 2 is 1.26 bits per heavy atom. The second-order valence-electron chi connectivity index (χ2n) is 6.04. The molecule has 1 aliphatic heterocycles. The molecule has 114 valence electrons. The fourth-order valence-electron chi connectivity index (χ4n) is 2.80. The molecule has 1 aliphatic rings. The largest absolute Gasteiger partial charge is 0.365 e. The highest BCUT2D eigenvalue weighted by Gasteiger charge is 2.10. The van der Waals surface area contributed by atoms with Crippen LogP contribution in [0.3, 0.4) is 0 Å². The molecule has 1 fully saturated rings. The van der Waals surface area contributed by atoms with Crippen LogP contribution in [-0.4, -0.2) is 31.3 Å². The Morgan fingerprint density at radius 1 is 0.737 bits per heavy atom. The normalized spacial score (nSPS) is 16.3. The van der Waals surface area contributed by atoms with Crippen molar-refractivity contribution in [2.75, 3.05) is 26.4 Å². The Hall–Kier alpha value is -0.0800. The van der Waals surface area contributed by atoms with Crippen molar-refractivity contribution < 1.29 is 4.74 Å². The van der Waals surface area contributed by atoms with Gasteiger partial charge in [0, 0.05) is 13.1 Å². The van der Waals surface area contributed by atoms with Gasteiger partial charge in [-0.3, -0.25) is 4.90 Å². The highest BCUT2D eigenvalue weighted by molar-refractivity contribution is 4.58. The zero-order valence-electron chi connectivity index (χ0n) is 13.2. The van der Waals surface area contributed by atoms with E-state index in [1.807, 2.05) is 0 Å². The van der Waals surface area contributed by atoms with Gasteiger partial charge in [0.2, 0.25) is 0 Å². The number of hydrogen-bond acceptors (Lipinski definition) is 2. The van der Waals surface area contributed by atoms with Crippen LogP contribution in [0.25, 0.3) is 0 Å². The zero-order valence-corrected chi connectivity index (χ0v) is 13.2. The maximum Gasteiger partial charge on any atom is 0.0991 e. The SMILES string of the molecule is CCCCCCCCCCCCCCN1CCOC1. The number of hydrogen-bond donors (Lipinski definition) is 0. The molecule has 0 amide bonds. The lowest BCUT2D eigenvalue weighted by Crippen LogP contribution is -2.20. The van der Waals surface area contributed by atoms with Crippen molar-refractivity contribution in [1.82, 2.24) is 4.90 Å². The van der Waals surface area contributed by atoms with Crippen molar-refractivity contribution in [3.8, 4) is 0 Å². The van der Waals surface area contributed by atoms with Crippen LogP contribution in [0.5, 0.6) is 0 Å². The smallest absolute Gasteiger partial charge is 0.0991 e. The monoisotopic (exact) mass is 269 g/mol. The zero-order chi connectivity index (χ0) is 13.6. The maximum atomic E-state index is 5.34. The summed E-state index contributed by atoms with van der Waals surface area (Å²) in [6, 6.07) is 0. The van der Waals surface area contributed by atoms with Gasteiger partial charge in [-0.2, -0.15) is 0 Å². The van der Waals surface area contributed by atoms with E-state index in [0.717, 1.165) is 19.9 Å².